The van der Waals surface area contributed by atoms with Crippen molar-refractivity contribution in [2.75, 3.05) is 31.1 Å². The molecule has 1 aromatic heterocycles. The van der Waals surface area contributed by atoms with Crippen LogP contribution in [0.1, 0.15) is 33.3 Å². The second kappa shape index (κ2) is 8.52. The van der Waals surface area contributed by atoms with Gasteiger partial charge >= 0.3 is 5.97 Å². The van der Waals surface area contributed by atoms with Crippen LogP contribution in [0.2, 0.25) is 0 Å². The lowest BCUT2D eigenvalue weighted by Gasteiger charge is -2.41. The smallest absolute Gasteiger partial charge is 0.371 e. The van der Waals surface area contributed by atoms with E-state index in [0.29, 0.717) is 5.58 Å². The molecule has 3 aromatic carbocycles. The fourth-order valence-electron chi connectivity index (χ4n) is 4.79. The normalized spacial score (nSPS) is 14.9. The highest BCUT2D eigenvalue weighted by atomic mass is 16.4. The standard InChI is InChI=1S/C27H26N2O3/c1-19-22-18-25(27(30)31)32-24(22)13-12-23(19)28-14-16-29(17-15-28)26(20-8-4-2-5-9-20)21-10-6-3-7-11-21/h2-13,18,26H,14-17H2,1H3,(H,30,31). The molecule has 1 aliphatic rings. The predicted octanol–water partition coefficient (Wildman–Crippen LogP) is 5.35. The van der Waals surface area contributed by atoms with E-state index < -0.39 is 5.97 Å². The summed E-state index contributed by atoms with van der Waals surface area (Å²) < 4.78 is 5.47. The van der Waals surface area contributed by atoms with Crippen molar-refractivity contribution in [3.05, 3.63) is 101 Å². The van der Waals surface area contributed by atoms with Crippen molar-refractivity contribution < 1.29 is 14.3 Å². The monoisotopic (exact) mass is 426 g/mol. The summed E-state index contributed by atoms with van der Waals surface area (Å²) in [5.74, 6) is -1.05. The summed E-state index contributed by atoms with van der Waals surface area (Å²) in [5.41, 5.74) is 5.45. The molecule has 0 spiro atoms. The summed E-state index contributed by atoms with van der Waals surface area (Å²) in [4.78, 5) is 16.2. The van der Waals surface area contributed by atoms with Gasteiger partial charge in [0.25, 0.3) is 0 Å². The number of carbonyl (C=O) groups is 1. The van der Waals surface area contributed by atoms with Crippen LogP contribution in [0.15, 0.2) is 83.3 Å². The summed E-state index contributed by atoms with van der Waals surface area (Å²) in [5, 5.41) is 10.1. The Morgan fingerprint density at radius 2 is 1.47 bits per heavy atom. The van der Waals surface area contributed by atoms with Gasteiger partial charge in [-0.1, -0.05) is 60.7 Å². The molecule has 1 N–H and O–H groups in total. The number of carboxylic acids is 1. The van der Waals surface area contributed by atoms with Gasteiger partial charge in [-0.3, -0.25) is 4.90 Å². The van der Waals surface area contributed by atoms with Crippen LogP contribution >= 0.6 is 0 Å². The van der Waals surface area contributed by atoms with Crippen LogP contribution in [0.5, 0.6) is 0 Å². The first-order valence-electron chi connectivity index (χ1n) is 11.0. The van der Waals surface area contributed by atoms with E-state index in [1.807, 2.05) is 19.1 Å². The second-order valence-corrected chi connectivity index (χ2v) is 8.28. The molecule has 0 unspecified atom stereocenters. The summed E-state index contributed by atoms with van der Waals surface area (Å²) in [6.07, 6.45) is 0. The first-order chi connectivity index (χ1) is 15.6. The van der Waals surface area contributed by atoms with E-state index in [2.05, 4.69) is 70.5 Å². The molecule has 1 saturated heterocycles. The number of carboxylic acid groups (broad SMARTS) is 1. The zero-order valence-electron chi connectivity index (χ0n) is 18.1. The number of aromatic carboxylic acids is 1. The summed E-state index contributed by atoms with van der Waals surface area (Å²) >= 11 is 0. The molecule has 32 heavy (non-hydrogen) atoms. The van der Waals surface area contributed by atoms with Gasteiger partial charge in [0.15, 0.2) is 0 Å². The molecule has 5 heteroatoms. The van der Waals surface area contributed by atoms with E-state index in [0.717, 1.165) is 42.8 Å². The number of rotatable bonds is 5. The molecular formula is C27H26N2O3. The van der Waals surface area contributed by atoms with Gasteiger partial charge < -0.3 is 14.4 Å². The highest BCUT2D eigenvalue weighted by Crippen LogP contribution is 2.33. The lowest BCUT2D eigenvalue weighted by Crippen LogP contribution is -2.48. The van der Waals surface area contributed by atoms with Crippen molar-refractivity contribution in [1.29, 1.82) is 0 Å². The van der Waals surface area contributed by atoms with Gasteiger partial charge in [0.1, 0.15) is 5.58 Å². The molecule has 0 atom stereocenters. The van der Waals surface area contributed by atoms with Crippen LogP contribution in [-0.2, 0) is 0 Å². The molecule has 5 rings (SSSR count). The topological polar surface area (TPSA) is 56.9 Å². The van der Waals surface area contributed by atoms with Gasteiger partial charge in [0.2, 0.25) is 5.76 Å². The number of aryl methyl sites for hydroxylation is 1. The SMILES string of the molecule is Cc1c(N2CCN(C(c3ccccc3)c3ccccc3)CC2)ccc2oc(C(=O)O)cc12. The number of nitrogens with zero attached hydrogens (tertiary/aromatic N) is 2. The summed E-state index contributed by atoms with van der Waals surface area (Å²) in [6.45, 7) is 5.75. The van der Waals surface area contributed by atoms with Gasteiger partial charge in [0, 0.05) is 37.3 Å². The minimum atomic E-state index is -1.04. The molecule has 1 fully saturated rings. The van der Waals surface area contributed by atoms with Gasteiger partial charge in [0.05, 0.1) is 6.04 Å². The molecule has 4 aromatic rings. The first kappa shape index (κ1) is 20.3. The fraction of sp³-hybridized carbons (Fsp3) is 0.222. The zero-order chi connectivity index (χ0) is 22.1. The quantitative estimate of drug-likeness (QED) is 0.466. The molecule has 5 nitrogen and oxygen atoms in total. The van der Waals surface area contributed by atoms with Crippen molar-refractivity contribution in [3.8, 4) is 0 Å². The maximum absolute atomic E-state index is 11.3. The van der Waals surface area contributed by atoms with Crippen LogP contribution in [0.4, 0.5) is 5.69 Å². The number of furan rings is 1. The average Bonchev–Trinajstić information content (AvgIpc) is 3.28. The largest absolute Gasteiger partial charge is 0.475 e. The number of benzene rings is 3. The predicted molar refractivity (Wildman–Crippen MR) is 126 cm³/mol. The molecule has 0 aliphatic carbocycles. The Balaban J connectivity index is 1.39. The Morgan fingerprint density at radius 1 is 0.875 bits per heavy atom. The van der Waals surface area contributed by atoms with E-state index in [-0.39, 0.29) is 11.8 Å². The van der Waals surface area contributed by atoms with E-state index in [1.54, 1.807) is 6.07 Å². The van der Waals surface area contributed by atoms with Gasteiger partial charge in [-0.25, -0.2) is 4.79 Å². The van der Waals surface area contributed by atoms with Crippen LogP contribution in [0.25, 0.3) is 11.0 Å². The van der Waals surface area contributed by atoms with Crippen molar-refractivity contribution in [2.45, 2.75) is 13.0 Å². The van der Waals surface area contributed by atoms with Crippen LogP contribution in [0.3, 0.4) is 0 Å². The minimum Gasteiger partial charge on any atom is -0.475 e. The fourth-order valence-corrected chi connectivity index (χ4v) is 4.79. The maximum atomic E-state index is 11.3. The van der Waals surface area contributed by atoms with E-state index in [9.17, 15) is 9.90 Å². The van der Waals surface area contributed by atoms with Crippen LogP contribution in [0, 0.1) is 6.92 Å². The second-order valence-electron chi connectivity index (χ2n) is 8.28. The highest BCUT2D eigenvalue weighted by molar-refractivity contribution is 5.94. The van der Waals surface area contributed by atoms with Gasteiger partial charge in [-0.05, 0) is 41.8 Å². The molecule has 1 aliphatic heterocycles. The van der Waals surface area contributed by atoms with Crippen LogP contribution in [-0.4, -0.2) is 42.2 Å². The molecule has 2 heterocycles. The van der Waals surface area contributed by atoms with Crippen molar-refractivity contribution in [2.24, 2.45) is 0 Å². The third-order valence-electron chi connectivity index (χ3n) is 6.40. The number of hydrogen-bond donors (Lipinski definition) is 1. The van der Waals surface area contributed by atoms with Crippen LogP contribution < -0.4 is 4.90 Å². The Kier molecular flexibility index (Phi) is 5.41. The van der Waals surface area contributed by atoms with Gasteiger partial charge in [-0.2, -0.15) is 0 Å². The van der Waals surface area contributed by atoms with Crippen molar-refractivity contribution >= 4 is 22.6 Å². The lowest BCUT2D eigenvalue weighted by molar-refractivity contribution is 0.0665. The minimum absolute atomic E-state index is 0.0152. The van der Waals surface area contributed by atoms with Crippen molar-refractivity contribution in [3.63, 3.8) is 0 Å². The van der Waals surface area contributed by atoms with E-state index in [4.69, 9.17) is 4.42 Å². The molecule has 162 valence electrons. The molecule has 0 bridgehead atoms. The molecule has 0 amide bonds. The third-order valence-corrected chi connectivity index (χ3v) is 6.40. The molecule has 0 radical (unpaired) electrons. The molecule has 0 saturated carbocycles. The zero-order valence-corrected chi connectivity index (χ0v) is 18.1. The Hall–Kier alpha value is -3.57. The van der Waals surface area contributed by atoms with E-state index in [1.165, 1.54) is 11.1 Å². The highest BCUT2D eigenvalue weighted by Gasteiger charge is 2.27. The van der Waals surface area contributed by atoms with Gasteiger partial charge in [-0.15, -0.1) is 0 Å². The Labute approximate surface area is 187 Å². The third kappa shape index (κ3) is 3.76. The Bertz CT molecular complexity index is 1190. The Morgan fingerprint density at radius 3 is 2.03 bits per heavy atom. The number of piperazine rings is 1. The summed E-state index contributed by atoms with van der Waals surface area (Å²) in [6, 6.07) is 27.2. The van der Waals surface area contributed by atoms with Crippen molar-refractivity contribution in [1.82, 2.24) is 4.90 Å². The number of anilines is 1. The first-order valence-corrected chi connectivity index (χ1v) is 11.0. The summed E-state index contributed by atoms with van der Waals surface area (Å²) in [7, 11) is 0. The number of fused-ring (bicyclic) bond motifs is 1. The average molecular weight is 427 g/mol. The maximum Gasteiger partial charge on any atom is 0.371 e. The number of hydrogen-bond acceptors (Lipinski definition) is 4. The molecular weight excluding hydrogens is 400 g/mol. The lowest BCUT2D eigenvalue weighted by atomic mass is 9.96. The van der Waals surface area contributed by atoms with E-state index >= 15 is 0 Å².